The largest absolute Gasteiger partial charge is 0.481 e. The molecule has 1 atom stereocenters. The second-order valence-corrected chi connectivity index (χ2v) is 2.72. The van der Waals surface area contributed by atoms with Gasteiger partial charge in [0.05, 0.1) is 6.42 Å². The molecule has 0 unspecified atom stereocenters. The van der Waals surface area contributed by atoms with Gasteiger partial charge in [-0.1, -0.05) is 0 Å². The highest BCUT2D eigenvalue weighted by Gasteiger charge is 2.07. The van der Waals surface area contributed by atoms with E-state index in [4.69, 9.17) is 16.6 Å². The normalized spacial score (nSPS) is 12.4. The molecular formula is C7H14N2O3. The summed E-state index contributed by atoms with van der Waals surface area (Å²) in [6, 6.07) is -0.373. The predicted molar refractivity (Wildman–Crippen MR) is 43.3 cm³/mol. The van der Waals surface area contributed by atoms with E-state index < -0.39 is 5.97 Å². The Bertz CT molecular complexity index is 170. The highest BCUT2D eigenvalue weighted by Crippen LogP contribution is 2.01. The van der Waals surface area contributed by atoms with Crippen molar-refractivity contribution in [2.24, 2.45) is 11.5 Å². The van der Waals surface area contributed by atoms with Crippen LogP contribution in [-0.2, 0) is 9.59 Å². The van der Waals surface area contributed by atoms with Crippen LogP contribution in [0.2, 0.25) is 0 Å². The maximum Gasteiger partial charge on any atom is 0.304 e. The van der Waals surface area contributed by atoms with E-state index in [2.05, 4.69) is 0 Å². The Labute approximate surface area is 70.7 Å². The third-order valence-corrected chi connectivity index (χ3v) is 1.43. The molecule has 0 aliphatic heterocycles. The fourth-order valence-corrected chi connectivity index (χ4v) is 0.865. The summed E-state index contributed by atoms with van der Waals surface area (Å²) in [5.74, 6) is -1.29. The molecule has 1 amide bonds. The number of carbonyl (C=O) groups excluding carboxylic acids is 1. The van der Waals surface area contributed by atoms with Crippen LogP contribution in [0.15, 0.2) is 0 Å². The molecule has 12 heavy (non-hydrogen) atoms. The topological polar surface area (TPSA) is 106 Å². The first-order valence-electron chi connectivity index (χ1n) is 3.78. The van der Waals surface area contributed by atoms with Gasteiger partial charge in [-0.3, -0.25) is 9.59 Å². The average molecular weight is 174 g/mol. The van der Waals surface area contributed by atoms with Crippen molar-refractivity contribution < 1.29 is 14.7 Å². The van der Waals surface area contributed by atoms with Crippen LogP contribution >= 0.6 is 0 Å². The van der Waals surface area contributed by atoms with E-state index in [1.807, 2.05) is 0 Å². The third-order valence-electron chi connectivity index (χ3n) is 1.43. The van der Waals surface area contributed by atoms with Crippen molar-refractivity contribution in [1.29, 1.82) is 0 Å². The van der Waals surface area contributed by atoms with Gasteiger partial charge in [0.1, 0.15) is 0 Å². The number of carbonyl (C=O) groups is 2. The lowest BCUT2D eigenvalue weighted by Crippen LogP contribution is -2.24. The Morgan fingerprint density at radius 3 is 2.42 bits per heavy atom. The molecule has 5 nitrogen and oxygen atoms in total. The van der Waals surface area contributed by atoms with Gasteiger partial charge in [0.2, 0.25) is 5.91 Å². The van der Waals surface area contributed by atoms with Crippen molar-refractivity contribution in [2.45, 2.75) is 31.7 Å². The summed E-state index contributed by atoms with van der Waals surface area (Å²) >= 11 is 0. The Morgan fingerprint density at radius 2 is 2.00 bits per heavy atom. The molecule has 5 heteroatoms. The number of hydrogen-bond donors (Lipinski definition) is 3. The summed E-state index contributed by atoms with van der Waals surface area (Å²) < 4.78 is 0. The van der Waals surface area contributed by atoms with Crippen molar-refractivity contribution >= 4 is 11.9 Å². The van der Waals surface area contributed by atoms with Gasteiger partial charge in [0, 0.05) is 12.5 Å². The minimum absolute atomic E-state index is 0.0568. The van der Waals surface area contributed by atoms with Crippen LogP contribution in [0.3, 0.4) is 0 Å². The SMILES string of the molecule is NC(=O)CCC[C@H](N)CC(=O)O. The molecule has 0 saturated carbocycles. The summed E-state index contributed by atoms with van der Waals surface area (Å²) in [5, 5.41) is 8.32. The number of carboxylic acid groups (broad SMARTS) is 1. The number of carboxylic acids is 1. The van der Waals surface area contributed by atoms with Crippen molar-refractivity contribution in [3.63, 3.8) is 0 Å². The Morgan fingerprint density at radius 1 is 1.42 bits per heavy atom. The van der Waals surface area contributed by atoms with Gasteiger partial charge in [-0.05, 0) is 12.8 Å². The molecule has 0 aromatic heterocycles. The quantitative estimate of drug-likeness (QED) is 0.502. The van der Waals surface area contributed by atoms with E-state index in [9.17, 15) is 9.59 Å². The van der Waals surface area contributed by atoms with Crippen molar-refractivity contribution in [2.75, 3.05) is 0 Å². The first-order chi connectivity index (χ1) is 5.52. The molecule has 0 bridgehead atoms. The van der Waals surface area contributed by atoms with Crippen LogP contribution in [0, 0.1) is 0 Å². The highest BCUT2D eigenvalue weighted by molar-refractivity contribution is 5.73. The second-order valence-electron chi connectivity index (χ2n) is 2.72. The van der Waals surface area contributed by atoms with E-state index >= 15 is 0 Å². The molecule has 0 fully saturated rings. The zero-order chi connectivity index (χ0) is 9.56. The van der Waals surface area contributed by atoms with Crippen LogP contribution < -0.4 is 11.5 Å². The summed E-state index contributed by atoms with van der Waals surface area (Å²) in [4.78, 5) is 20.4. The lowest BCUT2D eigenvalue weighted by Gasteiger charge is -2.06. The molecule has 70 valence electrons. The molecule has 0 saturated heterocycles. The van der Waals surface area contributed by atoms with Crippen LogP contribution in [0.1, 0.15) is 25.7 Å². The van der Waals surface area contributed by atoms with Crippen LogP contribution in [0.5, 0.6) is 0 Å². The summed E-state index contributed by atoms with van der Waals surface area (Å²) in [7, 11) is 0. The molecule has 0 rings (SSSR count). The fourth-order valence-electron chi connectivity index (χ4n) is 0.865. The smallest absolute Gasteiger partial charge is 0.304 e. The number of hydrogen-bond acceptors (Lipinski definition) is 3. The van der Waals surface area contributed by atoms with Gasteiger partial charge in [-0.25, -0.2) is 0 Å². The van der Waals surface area contributed by atoms with Gasteiger partial charge in [-0.2, -0.15) is 0 Å². The monoisotopic (exact) mass is 174 g/mol. The second kappa shape index (κ2) is 5.54. The van der Waals surface area contributed by atoms with Crippen molar-refractivity contribution in [3.8, 4) is 0 Å². The van der Waals surface area contributed by atoms with Gasteiger partial charge in [0.15, 0.2) is 0 Å². The summed E-state index contributed by atoms with van der Waals surface area (Å²) in [5.41, 5.74) is 10.3. The van der Waals surface area contributed by atoms with Gasteiger partial charge in [0.25, 0.3) is 0 Å². The Hall–Kier alpha value is -1.10. The maximum absolute atomic E-state index is 10.3. The molecular weight excluding hydrogens is 160 g/mol. The Balaban J connectivity index is 3.37. The molecule has 0 radical (unpaired) electrons. The van der Waals surface area contributed by atoms with E-state index in [1.165, 1.54) is 0 Å². The first kappa shape index (κ1) is 10.9. The molecule has 0 aliphatic carbocycles. The maximum atomic E-state index is 10.3. The third kappa shape index (κ3) is 7.01. The van der Waals surface area contributed by atoms with Gasteiger partial charge < -0.3 is 16.6 Å². The zero-order valence-corrected chi connectivity index (χ0v) is 6.82. The molecule has 0 aromatic rings. The van der Waals surface area contributed by atoms with E-state index in [1.54, 1.807) is 0 Å². The lowest BCUT2D eigenvalue weighted by molar-refractivity contribution is -0.137. The average Bonchev–Trinajstić information content (AvgIpc) is 1.84. The predicted octanol–water partition coefficient (Wildman–Crippen LogP) is -0.556. The van der Waals surface area contributed by atoms with Gasteiger partial charge >= 0.3 is 5.97 Å². The van der Waals surface area contributed by atoms with E-state index in [0.29, 0.717) is 12.8 Å². The standard InChI is InChI=1S/C7H14N2O3/c8-5(4-7(11)12)2-1-3-6(9)10/h5H,1-4,8H2,(H2,9,10)(H,11,12)/t5-/m0/s1. The minimum atomic E-state index is -0.915. The lowest BCUT2D eigenvalue weighted by atomic mass is 10.1. The number of rotatable bonds is 6. The summed E-state index contributed by atoms with van der Waals surface area (Å²) in [6.07, 6.45) is 1.30. The van der Waals surface area contributed by atoms with Gasteiger partial charge in [-0.15, -0.1) is 0 Å². The van der Waals surface area contributed by atoms with Crippen molar-refractivity contribution in [3.05, 3.63) is 0 Å². The highest BCUT2D eigenvalue weighted by atomic mass is 16.4. The molecule has 0 aliphatic rings. The van der Waals surface area contributed by atoms with E-state index in [-0.39, 0.29) is 24.8 Å². The van der Waals surface area contributed by atoms with Crippen molar-refractivity contribution in [1.82, 2.24) is 0 Å². The van der Waals surface area contributed by atoms with Crippen LogP contribution in [-0.4, -0.2) is 23.0 Å². The number of amides is 1. The van der Waals surface area contributed by atoms with E-state index in [0.717, 1.165) is 0 Å². The number of aliphatic carboxylic acids is 1. The Kier molecular flexibility index (Phi) is 5.03. The van der Waals surface area contributed by atoms with Crippen LogP contribution in [0.4, 0.5) is 0 Å². The summed E-state index contributed by atoms with van der Waals surface area (Å²) in [6.45, 7) is 0. The molecule has 5 N–H and O–H groups in total. The fraction of sp³-hybridized carbons (Fsp3) is 0.714. The number of nitrogens with two attached hydrogens (primary N) is 2. The first-order valence-corrected chi connectivity index (χ1v) is 3.78. The molecule has 0 heterocycles. The molecule has 0 spiro atoms. The van der Waals surface area contributed by atoms with Crippen LogP contribution in [0.25, 0.3) is 0 Å². The minimum Gasteiger partial charge on any atom is -0.481 e. The zero-order valence-electron chi connectivity index (χ0n) is 6.82. The molecule has 0 aromatic carbocycles. The number of primary amides is 1.